The van der Waals surface area contributed by atoms with Crippen molar-refractivity contribution >= 4 is 40.7 Å². The van der Waals surface area contributed by atoms with Crippen LogP contribution in [0.4, 0.5) is 5.69 Å². The number of amides is 2. The second kappa shape index (κ2) is 7.67. The number of para-hydroxylation sites is 1. The van der Waals surface area contributed by atoms with Crippen LogP contribution in [0, 0.1) is 5.92 Å². The van der Waals surface area contributed by atoms with Crippen molar-refractivity contribution in [2.24, 2.45) is 5.92 Å². The summed E-state index contributed by atoms with van der Waals surface area (Å²) in [5.41, 5.74) is 3.88. The molecule has 3 aliphatic rings. The standard InChI is InChI=1S/C24H24Cl2N2O2/c1-14-6-9-23(29)28(24(14)30)22-5-3-2-4-17(22)19-12-27(16-7-8-16)13-20-18(19)10-15(25)11-21(20)26/h2-5,10-11,14,16,19H,6-9,12-13H2,1H3. The van der Waals surface area contributed by atoms with E-state index in [1.165, 1.54) is 17.7 Å². The van der Waals surface area contributed by atoms with Crippen LogP contribution in [0.3, 0.4) is 0 Å². The summed E-state index contributed by atoms with van der Waals surface area (Å²) >= 11 is 13.0. The van der Waals surface area contributed by atoms with E-state index in [1.807, 2.05) is 37.3 Å². The second-order valence-electron chi connectivity index (χ2n) is 8.73. The molecule has 1 saturated heterocycles. The van der Waals surface area contributed by atoms with Gasteiger partial charge in [0, 0.05) is 47.4 Å². The molecule has 1 aliphatic carbocycles. The molecule has 1 saturated carbocycles. The van der Waals surface area contributed by atoms with Crippen molar-refractivity contribution < 1.29 is 9.59 Å². The summed E-state index contributed by atoms with van der Waals surface area (Å²) in [5, 5.41) is 1.30. The number of rotatable bonds is 3. The van der Waals surface area contributed by atoms with Crippen LogP contribution in [-0.2, 0) is 16.1 Å². The van der Waals surface area contributed by atoms with Crippen LogP contribution < -0.4 is 4.90 Å². The number of hydrogen-bond donors (Lipinski definition) is 0. The van der Waals surface area contributed by atoms with E-state index in [0.29, 0.717) is 34.6 Å². The molecule has 4 nitrogen and oxygen atoms in total. The van der Waals surface area contributed by atoms with Gasteiger partial charge in [0.15, 0.2) is 0 Å². The molecule has 30 heavy (non-hydrogen) atoms. The summed E-state index contributed by atoms with van der Waals surface area (Å²) in [7, 11) is 0. The van der Waals surface area contributed by atoms with Gasteiger partial charge in [-0.25, -0.2) is 0 Å². The molecule has 0 bridgehead atoms. The normalized spacial score (nSPS) is 24.8. The minimum absolute atomic E-state index is 0.000386. The lowest BCUT2D eigenvalue weighted by Gasteiger charge is -2.38. The number of piperidine rings is 1. The van der Waals surface area contributed by atoms with Gasteiger partial charge in [0.25, 0.3) is 0 Å². The molecule has 2 atom stereocenters. The third kappa shape index (κ3) is 3.45. The Kier molecular flexibility index (Phi) is 5.12. The first-order valence-electron chi connectivity index (χ1n) is 10.6. The molecule has 0 spiro atoms. The smallest absolute Gasteiger partial charge is 0.236 e. The van der Waals surface area contributed by atoms with Gasteiger partial charge in [-0.1, -0.05) is 48.3 Å². The minimum Gasteiger partial charge on any atom is -0.295 e. The largest absolute Gasteiger partial charge is 0.295 e. The number of carbonyl (C=O) groups excluding carboxylic acids is 2. The quantitative estimate of drug-likeness (QED) is 0.597. The number of benzene rings is 2. The van der Waals surface area contributed by atoms with E-state index in [4.69, 9.17) is 23.2 Å². The zero-order chi connectivity index (χ0) is 21.0. The Labute approximate surface area is 186 Å². The Balaban J connectivity index is 1.64. The van der Waals surface area contributed by atoms with Gasteiger partial charge in [-0.3, -0.25) is 19.4 Å². The first-order valence-corrected chi connectivity index (χ1v) is 11.4. The van der Waals surface area contributed by atoms with E-state index in [-0.39, 0.29) is 23.7 Å². The molecule has 2 aromatic rings. The molecule has 0 N–H and O–H groups in total. The zero-order valence-corrected chi connectivity index (χ0v) is 18.4. The Bertz CT molecular complexity index is 1030. The molecule has 156 valence electrons. The summed E-state index contributed by atoms with van der Waals surface area (Å²) in [4.78, 5) is 29.6. The van der Waals surface area contributed by atoms with Crippen LogP contribution in [0.2, 0.25) is 10.0 Å². The molecule has 5 rings (SSSR count). The first kappa shape index (κ1) is 20.0. The Morgan fingerprint density at radius 1 is 1.00 bits per heavy atom. The third-order valence-electron chi connectivity index (χ3n) is 6.65. The van der Waals surface area contributed by atoms with E-state index < -0.39 is 0 Å². The molecule has 6 heteroatoms. The minimum atomic E-state index is -0.152. The maximum absolute atomic E-state index is 13.0. The van der Waals surface area contributed by atoms with Crippen LogP contribution in [0.1, 0.15) is 55.2 Å². The number of halogens is 2. The molecule has 2 fully saturated rings. The van der Waals surface area contributed by atoms with E-state index in [1.54, 1.807) is 6.07 Å². The van der Waals surface area contributed by atoms with E-state index in [9.17, 15) is 9.59 Å². The number of nitrogens with zero attached hydrogens (tertiary/aromatic N) is 2. The molecule has 2 amide bonds. The highest BCUT2D eigenvalue weighted by Gasteiger charge is 2.39. The summed E-state index contributed by atoms with van der Waals surface area (Å²) in [6.07, 6.45) is 3.42. The molecule has 2 unspecified atom stereocenters. The maximum atomic E-state index is 13.0. The molecule has 2 aliphatic heterocycles. The predicted molar refractivity (Wildman–Crippen MR) is 119 cm³/mol. The summed E-state index contributed by atoms with van der Waals surface area (Å²) in [6.45, 7) is 3.54. The number of anilines is 1. The van der Waals surface area contributed by atoms with E-state index in [0.717, 1.165) is 29.8 Å². The van der Waals surface area contributed by atoms with E-state index in [2.05, 4.69) is 4.90 Å². The summed E-state index contributed by atoms with van der Waals surface area (Å²) in [5.74, 6) is -0.386. The van der Waals surface area contributed by atoms with Crippen molar-refractivity contribution in [3.05, 3.63) is 63.1 Å². The van der Waals surface area contributed by atoms with Crippen molar-refractivity contribution in [2.75, 3.05) is 11.4 Å². The fraction of sp³-hybridized carbons (Fsp3) is 0.417. The first-order chi connectivity index (χ1) is 14.4. The van der Waals surface area contributed by atoms with Crippen molar-refractivity contribution in [3.8, 4) is 0 Å². The second-order valence-corrected chi connectivity index (χ2v) is 9.58. The molecule has 0 radical (unpaired) electrons. The predicted octanol–water partition coefficient (Wildman–Crippen LogP) is 5.39. The molecule has 0 aromatic heterocycles. The van der Waals surface area contributed by atoms with Crippen LogP contribution in [-0.4, -0.2) is 29.3 Å². The van der Waals surface area contributed by atoms with Crippen LogP contribution in [0.15, 0.2) is 36.4 Å². The SMILES string of the molecule is CC1CCC(=O)N(c2ccccc2C2CN(C3CC3)Cc3c(Cl)cc(Cl)cc32)C1=O. The van der Waals surface area contributed by atoms with Gasteiger partial charge in [0.1, 0.15) is 0 Å². The summed E-state index contributed by atoms with van der Waals surface area (Å²) in [6, 6.07) is 12.2. The molecule has 2 aromatic carbocycles. The fourth-order valence-electron chi connectivity index (χ4n) is 4.84. The Morgan fingerprint density at radius 2 is 1.77 bits per heavy atom. The lowest BCUT2D eigenvalue weighted by atomic mass is 9.83. The van der Waals surface area contributed by atoms with Gasteiger partial charge in [0.2, 0.25) is 11.8 Å². The molecular weight excluding hydrogens is 419 g/mol. The van der Waals surface area contributed by atoms with Crippen LogP contribution in [0.25, 0.3) is 0 Å². The van der Waals surface area contributed by atoms with Crippen molar-refractivity contribution in [1.29, 1.82) is 0 Å². The molecule has 2 heterocycles. The van der Waals surface area contributed by atoms with Crippen LogP contribution >= 0.6 is 23.2 Å². The highest BCUT2D eigenvalue weighted by Crippen LogP contribution is 2.45. The zero-order valence-electron chi connectivity index (χ0n) is 16.9. The van der Waals surface area contributed by atoms with Gasteiger partial charge in [-0.05, 0) is 54.2 Å². The van der Waals surface area contributed by atoms with Crippen LogP contribution in [0.5, 0.6) is 0 Å². The summed E-state index contributed by atoms with van der Waals surface area (Å²) < 4.78 is 0. The highest BCUT2D eigenvalue weighted by atomic mass is 35.5. The number of carbonyl (C=O) groups is 2. The highest BCUT2D eigenvalue weighted by molar-refractivity contribution is 6.35. The topological polar surface area (TPSA) is 40.6 Å². The monoisotopic (exact) mass is 442 g/mol. The van der Waals surface area contributed by atoms with Gasteiger partial charge in [0.05, 0.1) is 5.69 Å². The number of fused-ring (bicyclic) bond motifs is 1. The Hall–Kier alpha value is -1.88. The van der Waals surface area contributed by atoms with Gasteiger partial charge >= 0.3 is 0 Å². The Morgan fingerprint density at radius 3 is 2.53 bits per heavy atom. The van der Waals surface area contributed by atoms with Gasteiger partial charge in [-0.2, -0.15) is 0 Å². The van der Waals surface area contributed by atoms with Crippen molar-refractivity contribution in [3.63, 3.8) is 0 Å². The van der Waals surface area contributed by atoms with Gasteiger partial charge in [-0.15, -0.1) is 0 Å². The lowest BCUT2D eigenvalue weighted by molar-refractivity contribution is -0.131. The number of hydrogen-bond acceptors (Lipinski definition) is 3. The van der Waals surface area contributed by atoms with Gasteiger partial charge < -0.3 is 0 Å². The fourth-order valence-corrected chi connectivity index (χ4v) is 5.41. The van der Waals surface area contributed by atoms with Crippen molar-refractivity contribution in [1.82, 2.24) is 4.90 Å². The van der Waals surface area contributed by atoms with E-state index >= 15 is 0 Å². The number of imide groups is 1. The maximum Gasteiger partial charge on any atom is 0.236 e. The van der Waals surface area contributed by atoms with Crippen molar-refractivity contribution in [2.45, 2.75) is 51.1 Å². The average Bonchev–Trinajstić information content (AvgIpc) is 3.56. The lowest BCUT2D eigenvalue weighted by Crippen LogP contribution is -2.45. The third-order valence-corrected chi connectivity index (χ3v) is 7.20. The average molecular weight is 443 g/mol. The molecular formula is C24H24Cl2N2O2.